The van der Waals surface area contributed by atoms with Crippen LogP contribution in [0.3, 0.4) is 0 Å². The molecule has 0 aliphatic rings. The van der Waals surface area contributed by atoms with Crippen molar-refractivity contribution in [3.63, 3.8) is 0 Å². The van der Waals surface area contributed by atoms with Crippen molar-refractivity contribution in [1.82, 2.24) is 0 Å². The van der Waals surface area contributed by atoms with Gasteiger partial charge in [-0.3, -0.25) is 4.79 Å². The zero-order valence-corrected chi connectivity index (χ0v) is 8.43. The molecule has 0 aromatic carbocycles. The first-order valence-electron chi connectivity index (χ1n) is 4.29. The molecule has 0 N–H and O–H groups in total. The van der Waals surface area contributed by atoms with E-state index in [1.807, 2.05) is 6.92 Å². The molecule has 0 atom stereocenters. The second-order valence-corrected chi connectivity index (χ2v) is 2.95. The number of aryl methyl sites for hydroxylation is 1. The quantitative estimate of drug-likeness (QED) is 0.700. The fourth-order valence-corrected chi connectivity index (χ4v) is 1.30. The number of rotatable bonds is 2. The molecular formula is C10H14O3. The molecule has 0 saturated carbocycles. The summed E-state index contributed by atoms with van der Waals surface area (Å²) in [6.45, 7) is 5.42. The molecule has 1 aromatic rings. The summed E-state index contributed by atoms with van der Waals surface area (Å²) in [4.78, 5) is 11.6. The van der Waals surface area contributed by atoms with Crippen LogP contribution in [0, 0.1) is 13.8 Å². The van der Waals surface area contributed by atoms with Crippen molar-refractivity contribution in [1.29, 1.82) is 0 Å². The predicted octanol–water partition coefficient (Wildman–Crippen LogP) is 1.83. The molecule has 0 spiro atoms. The highest BCUT2D eigenvalue weighted by molar-refractivity contribution is 5.29. The van der Waals surface area contributed by atoms with Crippen molar-refractivity contribution in [3.05, 3.63) is 27.1 Å². The molecule has 0 unspecified atom stereocenters. The topological polar surface area (TPSA) is 39.4 Å². The number of ether oxygens (including phenoxy) is 1. The Balaban J connectivity index is 3.46. The normalized spacial score (nSPS) is 10.2. The Kier molecular flexibility index (Phi) is 2.76. The van der Waals surface area contributed by atoms with Crippen LogP contribution >= 0.6 is 0 Å². The molecule has 72 valence electrons. The Labute approximate surface area is 77.3 Å². The minimum absolute atomic E-state index is 0.0138. The standard InChI is InChI=1S/C10H14O3/c1-5-8-6(2)9(11)7(3)10(12-4)13-8/h5H2,1-4H3. The van der Waals surface area contributed by atoms with E-state index in [1.165, 1.54) is 7.11 Å². The highest BCUT2D eigenvalue weighted by Gasteiger charge is 2.11. The van der Waals surface area contributed by atoms with Crippen LogP contribution in [-0.4, -0.2) is 7.11 Å². The van der Waals surface area contributed by atoms with Crippen LogP contribution in [0.5, 0.6) is 5.95 Å². The van der Waals surface area contributed by atoms with E-state index in [9.17, 15) is 4.79 Å². The van der Waals surface area contributed by atoms with Gasteiger partial charge in [-0.1, -0.05) is 6.92 Å². The molecule has 1 heterocycles. The van der Waals surface area contributed by atoms with E-state index in [1.54, 1.807) is 13.8 Å². The Bertz CT molecular complexity index is 332. The summed E-state index contributed by atoms with van der Waals surface area (Å²) in [6.07, 6.45) is 0.706. The maximum Gasteiger partial charge on any atom is 0.291 e. The molecule has 0 bridgehead atoms. The SMILES string of the molecule is CCc1oc(OC)c(C)c(=O)c1C. The van der Waals surface area contributed by atoms with E-state index in [0.717, 1.165) is 0 Å². The van der Waals surface area contributed by atoms with Crippen LogP contribution in [-0.2, 0) is 6.42 Å². The van der Waals surface area contributed by atoms with Gasteiger partial charge in [0.05, 0.1) is 12.7 Å². The maximum atomic E-state index is 11.6. The number of hydrogen-bond donors (Lipinski definition) is 0. The highest BCUT2D eigenvalue weighted by atomic mass is 16.6. The molecule has 0 amide bonds. The van der Waals surface area contributed by atoms with E-state index in [4.69, 9.17) is 9.15 Å². The summed E-state index contributed by atoms with van der Waals surface area (Å²) in [7, 11) is 1.50. The average Bonchev–Trinajstić information content (AvgIpc) is 2.15. The van der Waals surface area contributed by atoms with Crippen molar-refractivity contribution < 1.29 is 9.15 Å². The summed E-state index contributed by atoms with van der Waals surface area (Å²) in [6, 6.07) is 0. The van der Waals surface area contributed by atoms with Gasteiger partial charge in [-0.2, -0.15) is 0 Å². The van der Waals surface area contributed by atoms with Crippen LogP contribution in [0.15, 0.2) is 9.21 Å². The second kappa shape index (κ2) is 3.64. The molecule has 3 nitrogen and oxygen atoms in total. The molecule has 1 aromatic heterocycles. The van der Waals surface area contributed by atoms with Gasteiger partial charge in [0.15, 0.2) is 5.43 Å². The van der Waals surface area contributed by atoms with Gasteiger partial charge in [0.2, 0.25) is 0 Å². The molecule has 1 rings (SSSR count). The third kappa shape index (κ3) is 1.59. The van der Waals surface area contributed by atoms with Crippen molar-refractivity contribution in [2.75, 3.05) is 7.11 Å². The van der Waals surface area contributed by atoms with E-state index >= 15 is 0 Å². The molecule has 13 heavy (non-hydrogen) atoms. The average molecular weight is 182 g/mol. The second-order valence-electron chi connectivity index (χ2n) is 2.95. The minimum Gasteiger partial charge on any atom is -0.468 e. The zero-order chi connectivity index (χ0) is 10.0. The van der Waals surface area contributed by atoms with Crippen LogP contribution in [0.1, 0.15) is 23.8 Å². The fourth-order valence-electron chi connectivity index (χ4n) is 1.30. The minimum atomic E-state index is 0.0138. The lowest BCUT2D eigenvalue weighted by atomic mass is 10.1. The van der Waals surface area contributed by atoms with Gasteiger partial charge in [-0.15, -0.1) is 0 Å². The van der Waals surface area contributed by atoms with Gasteiger partial charge >= 0.3 is 0 Å². The lowest BCUT2D eigenvalue weighted by Gasteiger charge is -2.07. The Morgan fingerprint density at radius 2 is 1.92 bits per heavy atom. The van der Waals surface area contributed by atoms with E-state index in [2.05, 4.69) is 0 Å². The lowest BCUT2D eigenvalue weighted by Crippen LogP contribution is -2.12. The van der Waals surface area contributed by atoms with Gasteiger partial charge in [0, 0.05) is 12.0 Å². The Morgan fingerprint density at radius 1 is 1.31 bits per heavy atom. The van der Waals surface area contributed by atoms with Crippen LogP contribution in [0.4, 0.5) is 0 Å². The van der Waals surface area contributed by atoms with Crippen molar-refractivity contribution in [2.24, 2.45) is 0 Å². The molecule has 0 aliphatic heterocycles. The van der Waals surface area contributed by atoms with E-state index in [0.29, 0.717) is 29.3 Å². The van der Waals surface area contributed by atoms with Crippen LogP contribution in [0.25, 0.3) is 0 Å². The third-order valence-corrected chi connectivity index (χ3v) is 2.13. The first-order valence-corrected chi connectivity index (χ1v) is 4.29. The largest absolute Gasteiger partial charge is 0.468 e. The van der Waals surface area contributed by atoms with Gasteiger partial charge in [-0.05, 0) is 13.8 Å². The van der Waals surface area contributed by atoms with Crippen LogP contribution in [0.2, 0.25) is 0 Å². The van der Waals surface area contributed by atoms with E-state index < -0.39 is 0 Å². The third-order valence-electron chi connectivity index (χ3n) is 2.13. The monoisotopic (exact) mass is 182 g/mol. The summed E-state index contributed by atoms with van der Waals surface area (Å²) in [5.41, 5.74) is 1.23. The molecule has 0 radical (unpaired) electrons. The summed E-state index contributed by atoms with van der Waals surface area (Å²) >= 11 is 0. The Morgan fingerprint density at radius 3 is 2.38 bits per heavy atom. The zero-order valence-electron chi connectivity index (χ0n) is 8.43. The van der Waals surface area contributed by atoms with Gasteiger partial charge < -0.3 is 9.15 Å². The first-order chi connectivity index (χ1) is 6.11. The number of methoxy groups -OCH3 is 1. The molecule has 0 saturated heterocycles. The van der Waals surface area contributed by atoms with Gasteiger partial charge in [0.25, 0.3) is 5.95 Å². The van der Waals surface area contributed by atoms with E-state index in [-0.39, 0.29) is 5.43 Å². The Hall–Kier alpha value is -1.25. The fraction of sp³-hybridized carbons (Fsp3) is 0.500. The molecule has 0 aliphatic carbocycles. The number of hydrogen-bond acceptors (Lipinski definition) is 3. The molecule has 0 fully saturated rings. The summed E-state index contributed by atoms with van der Waals surface area (Å²) < 4.78 is 10.4. The summed E-state index contributed by atoms with van der Waals surface area (Å²) in [5, 5.41) is 0. The predicted molar refractivity (Wildman–Crippen MR) is 50.4 cm³/mol. The van der Waals surface area contributed by atoms with Crippen molar-refractivity contribution in [3.8, 4) is 5.95 Å². The highest BCUT2D eigenvalue weighted by Crippen LogP contribution is 2.18. The molecular weight excluding hydrogens is 168 g/mol. The van der Waals surface area contributed by atoms with Gasteiger partial charge in [0.1, 0.15) is 5.76 Å². The van der Waals surface area contributed by atoms with Crippen molar-refractivity contribution in [2.45, 2.75) is 27.2 Å². The lowest BCUT2D eigenvalue weighted by molar-refractivity contribution is 0.280. The maximum absolute atomic E-state index is 11.6. The van der Waals surface area contributed by atoms with Crippen LogP contribution < -0.4 is 10.2 Å². The van der Waals surface area contributed by atoms with Gasteiger partial charge in [-0.25, -0.2) is 0 Å². The van der Waals surface area contributed by atoms with Crippen molar-refractivity contribution >= 4 is 0 Å². The smallest absolute Gasteiger partial charge is 0.291 e. The molecule has 3 heteroatoms. The first kappa shape index (κ1) is 9.84. The summed E-state index contributed by atoms with van der Waals surface area (Å²) in [5.74, 6) is 1.03.